The second kappa shape index (κ2) is 6.86. The van der Waals surface area contributed by atoms with Crippen molar-refractivity contribution in [2.45, 2.75) is 45.8 Å². The van der Waals surface area contributed by atoms with Crippen LogP contribution in [0.25, 0.3) is 0 Å². The highest BCUT2D eigenvalue weighted by atomic mass is 79.9. The average Bonchev–Trinajstić information content (AvgIpc) is 2.96. The molecular formula is C14H24BrN3O. The van der Waals surface area contributed by atoms with E-state index in [4.69, 9.17) is 4.74 Å². The van der Waals surface area contributed by atoms with Gasteiger partial charge in [0.1, 0.15) is 0 Å². The highest BCUT2D eigenvalue weighted by Gasteiger charge is 2.26. The lowest BCUT2D eigenvalue weighted by Crippen LogP contribution is -2.28. The molecule has 0 spiro atoms. The predicted molar refractivity (Wildman–Crippen MR) is 80.1 cm³/mol. The molecule has 0 bridgehead atoms. The molecule has 1 aliphatic heterocycles. The van der Waals surface area contributed by atoms with E-state index < -0.39 is 0 Å². The third-order valence-corrected chi connectivity index (χ3v) is 4.87. The molecule has 0 amide bonds. The number of aromatic nitrogens is 2. The van der Waals surface area contributed by atoms with Crippen molar-refractivity contribution in [3.05, 3.63) is 15.9 Å². The number of hydrogen-bond donors (Lipinski definition) is 1. The van der Waals surface area contributed by atoms with Gasteiger partial charge in [-0.05, 0) is 41.1 Å². The molecule has 2 heterocycles. The Labute approximate surface area is 124 Å². The molecule has 0 aliphatic carbocycles. The number of ether oxygens (including phenoxy) is 1. The molecule has 1 aromatic heterocycles. The fourth-order valence-electron chi connectivity index (χ4n) is 2.77. The van der Waals surface area contributed by atoms with Crippen molar-refractivity contribution < 1.29 is 4.74 Å². The number of aryl methyl sites for hydroxylation is 2. The molecule has 19 heavy (non-hydrogen) atoms. The lowest BCUT2D eigenvalue weighted by molar-refractivity contribution is 0.0872. The van der Waals surface area contributed by atoms with E-state index >= 15 is 0 Å². The third-order valence-electron chi connectivity index (χ3n) is 3.95. The SMILES string of the molecule is CCc1nn(C)c(CNCC2CCOC2CC)c1Br. The van der Waals surface area contributed by atoms with Gasteiger partial charge in [-0.15, -0.1) is 0 Å². The molecule has 2 atom stereocenters. The molecule has 108 valence electrons. The Morgan fingerprint density at radius 3 is 2.89 bits per heavy atom. The summed E-state index contributed by atoms with van der Waals surface area (Å²) in [7, 11) is 2.01. The average molecular weight is 330 g/mol. The Hall–Kier alpha value is -0.390. The number of nitrogens with zero attached hydrogens (tertiary/aromatic N) is 2. The molecule has 0 aromatic carbocycles. The van der Waals surface area contributed by atoms with Crippen molar-refractivity contribution >= 4 is 15.9 Å². The highest BCUT2D eigenvalue weighted by Crippen LogP contribution is 2.24. The molecule has 1 fully saturated rings. The molecule has 1 saturated heterocycles. The van der Waals surface area contributed by atoms with Gasteiger partial charge in [0.05, 0.1) is 22.0 Å². The molecule has 5 heteroatoms. The van der Waals surface area contributed by atoms with Gasteiger partial charge in [-0.1, -0.05) is 13.8 Å². The molecule has 1 aromatic rings. The van der Waals surface area contributed by atoms with Gasteiger partial charge in [-0.25, -0.2) is 0 Å². The minimum absolute atomic E-state index is 0.439. The largest absolute Gasteiger partial charge is 0.378 e. The van der Waals surface area contributed by atoms with Crippen molar-refractivity contribution in [2.24, 2.45) is 13.0 Å². The fraction of sp³-hybridized carbons (Fsp3) is 0.786. The van der Waals surface area contributed by atoms with Crippen LogP contribution in [-0.2, 0) is 24.8 Å². The summed E-state index contributed by atoms with van der Waals surface area (Å²) in [6, 6.07) is 0. The van der Waals surface area contributed by atoms with Crippen LogP contribution in [-0.4, -0.2) is 29.0 Å². The Bertz CT molecular complexity index is 419. The summed E-state index contributed by atoms with van der Waals surface area (Å²) < 4.78 is 8.84. The molecule has 1 N–H and O–H groups in total. The Kier molecular flexibility index (Phi) is 5.42. The topological polar surface area (TPSA) is 39.1 Å². The van der Waals surface area contributed by atoms with E-state index in [0.29, 0.717) is 12.0 Å². The number of hydrogen-bond acceptors (Lipinski definition) is 3. The summed E-state index contributed by atoms with van der Waals surface area (Å²) in [4.78, 5) is 0. The quantitative estimate of drug-likeness (QED) is 0.872. The van der Waals surface area contributed by atoms with E-state index in [1.54, 1.807) is 0 Å². The van der Waals surface area contributed by atoms with Crippen LogP contribution < -0.4 is 5.32 Å². The van der Waals surface area contributed by atoms with Crippen LogP contribution in [0.2, 0.25) is 0 Å². The standard InChI is InChI=1S/C14H24BrN3O/c1-4-11-14(15)12(18(3)17-11)9-16-8-10-6-7-19-13(10)5-2/h10,13,16H,4-9H2,1-3H3. The van der Waals surface area contributed by atoms with Crippen LogP contribution >= 0.6 is 15.9 Å². The van der Waals surface area contributed by atoms with Crippen LogP contribution in [0.4, 0.5) is 0 Å². The van der Waals surface area contributed by atoms with Gasteiger partial charge in [0.15, 0.2) is 0 Å². The monoisotopic (exact) mass is 329 g/mol. The number of halogens is 1. The van der Waals surface area contributed by atoms with Gasteiger partial charge >= 0.3 is 0 Å². The fourth-order valence-corrected chi connectivity index (χ4v) is 3.52. The van der Waals surface area contributed by atoms with Gasteiger partial charge < -0.3 is 10.1 Å². The molecule has 4 nitrogen and oxygen atoms in total. The minimum atomic E-state index is 0.439. The zero-order valence-corrected chi connectivity index (χ0v) is 13.7. The zero-order chi connectivity index (χ0) is 13.8. The van der Waals surface area contributed by atoms with E-state index in [2.05, 4.69) is 40.2 Å². The maximum atomic E-state index is 5.72. The molecule has 0 radical (unpaired) electrons. The van der Waals surface area contributed by atoms with E-state index in [1.807, 2.05) is 11.7 Å². The Morgan fingerprint density at radius 1 is 1.47 bits per heavy atom. The van der Waals surface area contributed by atoms with Crippen molar-refractivity contribution in [1.29, 1.82) is 0 Å². The van der Waals surface area contributed by atoms with Crippen LogP contribution in [0.5, 0.6) is 0 Å². The maximum Gasteiger partial charge on any atom is 0.0767 e. The van der Waals surface area contributed by atoms with E-state index in [1.165, 1.54) is 12.1 Å². The maximum absolute atomic E-state index is 5.72. The molecular weight excluding hydrogens is 306 g/mol. The van der Waals surface area contributed by atoms with Gasteiger partial charge in [0.25, 0.3) is 0 Å². The van der Waals surface area contributed by atoms with Gasteiger partial charge in [0, 0.05) is 26.7 Å². The predicted octanol–water partition coefficient (Wildman–Crippen LogP) is 2.65. The second-order valence-corrected chi connectivity index (χ2v) is 5.97. The van der Waals surface area contributed by atoms with Gasteiger partial charge in [0.2, 0.25) is 0 Å². The third kappa shape index (κ3) is 3.38. The molecule has 0 saturated carbocycles. The van der Waals surface area contributed by atoms with E-state index in [0.717, 1.165) is 42.7 Å². The first kappa shape index (κ1) is 15.0. The summed E-state index contributed by atoms with van der Waals surface area (Å²) in [6.45, 7) is 7.13. The summed E-state index contributed by atoms with van der Waals surface area (Å²) in [6.07, 6.45) is 3.69. The molecule has 2 rings (SSSR count). The zero-order valence-electron chi connectivity index (χ0n) is 12.1. The molecule has 2 unspecified atom stereocenters. The Balaban J connectivity index is 1.87. The first-order valence-electron chi connectivity index (χ1n) is 7.19. The van der Waals surface area contributed by atoms with Crippen molar-refractivity contribution in [1.82, 2.24) is 15.1 Å². The highest BCUT2D eigenvalue weighted by molar-refractivity contribution is 9.10. The summed E-state index contributed by atoms with van der Waals surface area (Å²) >= 11 is 3.65. The van der Waals surface area contributed by atoms with Crippen LogP contribution in [0.1, 0.15) is 38.1 Å². The van der Waals surface area contributed by atoms with Crippen molar-refractivity contribution in [2.75, 3.05) is 13.2 Å². The van der Waals surface area contributed by atoms with E-state index in [-0.39, 0.29) is 0 Å². The smallest absolute Gasteiger partial charge is 0.0767 e. The Morgan fingerprint density at radius 2 is 2.26 bits per heavy atom. The number of rotatable bonds is 6. The lowest BCUT2D eigenvalue weighted by atomic mass is 10.00. The van der Waals surface area contributed by atoms with E-state index in [9.17, 15) is 0 Å². The van der Waals surface area contributed by atoms with Crippen LogP contribution in [0, 0.1) is 5.92 Å². The summed E-state index contributed by atoms with van der Waals surface area (Å²) in [5.74, 6) is 0.655. The first-order valence-corrected chi connectivity index (χ1v) is 7.99. The minimum Gasteiger partial charge on any atom is -0.378 e. The number of nitrogens with one attached hydrogen (secondary N) is 1. The van der Waals surface area contributed by atoms with Crippen molar-refractivity contribution in [3.63, 3.8) is 0 Å². The van der Waals surface area contributed by atoms with Crippen molar-refractivity contribution in [3.8, 4) is 0 Å². The van der Waals surface area contributed by atoms with Crippen LogP contribution in [0.15, 0.2) is 4.47 Å². The first-order chi connectivity index (χ1) is 9.17. The van der Waals surface area contributed by atoms with Gasteiger partial charge in [-0.3, -0.25) is 4.68 Å². The molecule has 1 aliphatic rings. The van der Waals surface area contributed by atoms with Gasteiger partial charge in [-0.2, -0.15) is 5.10 Å². The lowest BCUT2D eigenvalue weighted by Gasteiger charge is -2.17. The summed E-state index contributed by atoms with van der Waals surface area (Å²) in [5.41, 5.74) is 2.36. The second-order valence-electron chi connectivity index (χ2n) is 5.18. The summed E-state index contributed by atoms with van der Waals surface area (Å²) in [5, 5.41) is 8.07. The normalized spacial score (nSPS) is 23.2. The van der Waals surface area contributed by atoms with Crippen LogP contribution in [0.3, 0.4) is 0 Å².